The van der Waals surface area contributed by atoms with Crippen LogP contribution < -0.4 is 9.64 Å². The fraction of sp³-hybridized carbons (Fsp3) is 0.333. The summed E-state index contributed by atoms with van der Waals surface area (Å²) in [6.45, 7) is 0.630. The van der Waals surface area contributed by atoms with Crippen molar-refractivity contribution in [2.75, 3.05) is 4.90 Å². The number of pyridine rings is 2. The minimum absolute atomic E-state index is 0.312. The van der Waals surface area contributed by atoms with Crippen molar-refractivity contribution in [2.45, 2.75) is 31.8 Å². The van der Waals surface area contributed by atoms with Crippen molar-refractivity contribution in [2.24, 2.45) is 0 Å². The molecule has 1 aliphatic carbocycles. The molecule has 1 fully saturated rings. The molecule has 1 aliphatic rings. The Morgan fingerprint density at radius 3 is 2.55 bits per heavy atom. The summed E-state index contributed by atoms with van der Waals surface area (Å²) in [4.78, 5) is 10.3. The fourth-order valence-corrected chi connectivity index (χ4v) is 2.21. The maximum absolute atomic E-state index is 12.2. The van der Waals surface area contributed by atoms with E-state index >= 15 is 0 Å². The van der Waals surface area contributed by atoms with Crippen LogP contribution in [0.2, 0.25) is 0 Å². The first-order valence-electron chi connectivity index (χ1n) is 6.88. The molecule has 1 saturated carbocycles. The van der Waals surface area contributed by atoms with Gasteiger partial charge in [0.25, 0.3) is 0 Å². The first kappa shape index (κ1) is 14.6. The number of nitrogens with zero attached hydrogens (tertiary/aromatic N) is 3. The first-order valence-corrected chi connectivity index (χ1v) is 6.88. The van der Waals surface area contributed by atoms with Gasteiger partial charge in [-0.05, 0) is 36.6 Å². The molecular formula is C15H14F3N3O. The van der Waals surface area contributed by atoms with E-state index in [4.69, 9.17) is 0 Å². The van der Waals surface area contributed by atoms with Crippen molar-refractivity contribution in [3.8, 4) is 5.75 Å². The van der Waals surface area contributed by atoms with Gasteiger partial charge < -0.3 is 9.64 Å². The van der Waals surface area contributed by atoms with Crippen LogP contribution in [0, 0.1) is 0 Å². The third-order valence-electron chi connectivity index (χ3n) is 3.31. The summed E-state index contributed by atoms with van der Waals surface area (Å²) in [5, 5.41) is 0. The Bertz CT molecular complexity index is 612. The standard InChI is InChI=1S/C15H14F3N3O/c16-15(17,18)22-13-5-6-14(20-9-13)21(12-3-4-12)10-11-2-1-7-19-8-11/h1-2,5-9,12H,3-4,10H2. The molecule has 3 rings (SSSR count). The van der Waals surface area contributed by atoms with Crippen LogP contribution in [-0.4, -0.2) is 22.4 Å². The second-order valence-electron chi connectivity index (χ2n) is 5.12. The van der Waals surface area contributed by atoms with E-state index in [9.17, 15) is 13.2 Å². The van der Waals surface area contributed by atoms with Gasteiger partial charge in [-0.25, -0.2) is 4.98 Å². The number of hydrogen-bond donors (Lipinski definition) is 0. The summed E-state index contributed by atoms with van der Waals surface area (Å²) in [5.74, 6) is 0.328. The molecule has 2 aromatic rings. The monoisotopic (exact) mass is 309 g/mol. The molecule has 116 valence electrons. The zero-order valence-corrected chi connectivity index (χ0v) is 11.6. The van der Waals surface area contributed by atoms with E-state index in [1.807, 2.05) is 12.1 Å². The fourth-order valence-electron chi connectivity index (χ4n) is 2.21. The number of ether oxygens (including phenoxy) is 1. The number of hydrogen-bond acceptors (Lipinski definition) is 4. The lowest BCUT2D eigenvalue weighted by atomic mass is 10.2. The molecule has 0 spiro atoms. The second-order valence-corrected chi connectivity index (χ2v) is 5.12. The van der Waals surface area contributed by atoms with Gasteiger partial charge in [-0.2, -0.15) is 0 Å². The molecule has 2 aromatic heterocycles. The number of halogens is 3. The summed E-state index contributed by atoms with van der Waals surface area (Å²) in [5.41, 5.74) is 1.03. The van der Waals surface area contributed by atoms with Crippen molar-refractivity contribution in [1.82, 2.24) is 9.97 Å². The highest BCUT2D eigenvalue weighted by molar-refractivity contribution is 5.44. The van der Waals surface area contributed by atoms with Crippen LogP contribution >= 0.6 is 0 Å². The van der Waals surface area contributed by atoms with Gasteiger partial charge in [0, 0.05) is 25.0 Å². The van der Waals surface area contributed by atoms with Gasteiger partial charge in [0.15, 0.2) is 0 Å². The molecule has 0 N–H and O–H groups in total. The van der Waals surface area contributed by atoms with E-state index in [0.717, 1.165) is 24.6 Å². The Morgan fingerprint density at radius 1 is 1.18 bits per heavy atom. The number of aromatic nitrogens is 2. The molecule has 0 radical (unpaired) electrons. The maximum Gasteiger partial charge on any atom is 0.573 e. The van der Waals surface area contributed by atoms with Gasteiger partial charge in [-0.1, -0.05) is 6.07 Å². The van der Waals surface area contributed by atoms with E-state index in [-0.39, 0.29) is 5.75 Å². The Morgan fingerprint density at radius 2 is 2.00 bits per heavy atom. The molecule has 2 heterocycles. The Hall–Kier alpha value is -2.31. The van der Waals surface area contributed by atoms with Crippen LogP contribution in [0.1, 0.15) is 18.4 Å². The van der Waals surface area contributed by atoms with Crippen molar-refractivity contribution in [1.29, 1.82) is 0 Å². The van der Waals surface area contributed by atoms with Crippen LogP contribution in [0.4, 0.5) is 19.0 Å². The number of anilines is 1. The predicted octanol–water partition coefficient (Wildman–Crippen LogP) is 3.54. The molecule has 0 aliphatic heterocycles. The number of rotatable bonds is 5. The Balaban J connectivity index is 1.75. The van der Waals surface area contributed by atoms with E-state index in [1.165, 1.54) is 6.07 Å². The summed E-state index contributed by atoms with van der Waals surface area (Å²) in [7, 11) is 0. The second kappa shape index (κ2) is 5.82. The van der Waals surface area contributed by atoms with Gasteiger partial charge >= 0.3 is 6.36 Å². The topological polar surface area (TPSA) is 38.2 Å². The molecule has 0 aromatic carbocycles. The smallest absolute Gasteiger partial charge is 0.404 e. The van der Waals surface area contributed by atoms with E-state index in [1.54, 1.807) is 18.5 Å². The minimum Gasteiger partial charge on any atom is -0.404 e. The third-order valence-corrected chi connectivity index (χ3v) is 3.31. The molecular weight excluding hydrogens is 295 g/mol. The highest BCUT2D eigenvalue weighted by atomic mass is 19.4. The summed E-state index contributed by atoms with van der Waals surface area (Å²) in [6, 6.07) is 7.03. The van der Waals surface area contributed by atoms with E-state index in [0.29, 0.717) is 18.4 Å². The minimum atomic E-state index is -4.70. The number of alkyl halides is 3. The molecule has 0 unspecified atom stereocenters. The van der Waals surface area contributed by atoms with Crippen LogP contribution in [0.15, 0.2) is 42.9 Å². The summed E-state index contributed by atoms with van der Waals surface area (Å²) < 4.78 is 40.3. The van der Waals surface area contributed by atoms with Crippen LogP contribution in [0.25, 0.3) is 0 Å². The maximum atomic E-state index is 12.2. The molecule has 0 saturated heterocycles. The lowest BCUT2D eigenvalue weighted by Crippen LogP contribution is -2.26. The molecule has 22 heavy (non-hydrogen) atoms. The quantitative estimate of drug-likeness (QED) is 0.846. The summed E-state index contributed by atoms with van der Waals surface area (Å²) in [6.07, 6.45) is 1.99. The molecule has 7 heteroatoms. The molecule has 0 atom stereocenters. The van der Waals surface area contributed by atoms with Gasteiger partial charge in [-0.3, -0.25) is 4.98 Å². The Kier molecular flexibility index (Phi) is 3.87. The Labute approximate surface area is 125 Å². The average molecular weight is 309 g/mol. The van der Waals surface area contributed by atoms with Crippen LogP contribution in [-0.2, 0) is 6.54 Å². The van der Waals surface area contributed by atoms with Crippen molar-refractivity contribution >= 4 is 5.82 Å². The SMILES string of the molecule is FC(F)(F)Oc1ccc(N(Cc2cccnc2)C2CC2)nc1. The third kappa shape index (κ3) is 3.87. The highest BCUT2D eigenvalue weighted by Crippen LogP contribution is 2.33. The van der Waals surface area contributed by atoms with Crippen LogP contribution in [0.3, 0.4) is 0 Å². The molecule has 0 amide bonds. The predicted molar refractivity (Wildman–Crippen MR) is 74.4 cm³/mol. The van der Waals surface area contributed by atoms with Gasteiger partial charge in [-0.15, -0.1) is 13.2 Å². The van der Waals surface area contributed by atoms with E-state index in [2.05, 4.69) is 19.6 Å². The lowest BCUT2D eigenvalue weighted by Gasteiger charge is -2.23. The van der Waals surface area contributed by atoms with Gasteiger partial charge in [0.05, 0.1) is 6.20 Å². The zero-order chi connectivity index (χ0) is 15.6. The largest absolute Gasteiger partial charge is 0.573 e. The highest BCUT2D eigenvalue weighted by Gasteiger charge is 2.32. The van der Waals surface area contributed by atoms with Crippen LogP contribution in [0.5, 0.6) is 5.75 Å². The first-order chi connectivity index (χ1) is 10.5. The average Bonchev–Trinajstić information content (AvgIpc) is 3.30. The lowest BCUT2D eigenvalue weighted by molar-refractivity contribution is -0.274. The van der Waals surface area contributed by atoms with Crippen molar-refractivity contribution < 1.29 is 17.9 Å². The van der Waals surface area contributed by atoms with Crippen molar-refractivity contribution in [3.63, 3.8) is 0 Å². The molecule has 0 bridgehead atoms. The van der Waals surface area contributed by atoms with E-state index < -0.39 is 6.36 Å². The van der Waals surface area contributed by atoms with Gasteiger partial charge in [0.1, 0.15) is 11.6 Å². The summed E-state index contributed by atoms with van der Waals surface area (Å²) >= 11 is 0. The van der Waals surface area contributed by atoms with Gasteiger partial charge in [0.2, 0.25) is 0 Å². The zero-order valence-electron chi connectivity index (χ0n) is 11.6. The molecule has 4 nitrogen and oxygen atoms in total. The van der Waals surface area contributed by atoms with Crippen molar-refractivity contribution in [3.05, 3.63) is 48.4 Å². The normalized spacial score (nSPS) is 14.7.